The highest BCUT2D eigenvalue weighted by molar-refractivity contribution is 6.34. The zero-order valence-corrected chi connectivity index (χ0v) is 39.1. The molecule has 4 aromatic carbocycles. The molecule has 5 rings (SSSR count). The van der Waals surface area contributed by atoms with E-state index in [0.29, 0.717) is 45.3 Å². The van der Waals surface area contributed by atoms with E-state index in [4.69, 9.17) is 43.0 Å². The van der Waals surface area contributed by atoms with Crippen LogP contribution in [-0.4, -0.2) is 80.0 Å². The Morgan fingerprint density at radius 2 is 1.50 bits per heavy atom. The molecule has 1 aliphatic heterocycles. The molecule has 4 atom stereocenters. The van der Waals surface area contributed by atoms with Gasteiger partial charge in [0.1, 0.15) is 42.3 Å². The fourth-order valence-electron chi connectivity index (χ4n) is 7.92. The van der Waals surface area contributed by atoms with Gasteiger partial charge in [0.2, 0.25) is 11.8 Å². The van der Waals surface area contributed by atoms with Gasteiger partial charge in [-0.05, 0) is 90.0 Å². The minimum atomic E-state index is -1.25. The molecule has 0 saturated heterocycles. The van der Waals surface area contributed by atoms with Crippen LogP contribution in [0.25, 0.3) is 11.1 Å². The van der Waals surface area contributed by atoms with E-state index < -0.39 is 47.3 Å². The Morgan fingerprint density at radius 3 is 2.11 bits per heavy atom. The monoisotopic (exact) mass is 920 g/mol. The van der Waals surface area contributed by atoms with Crippen LogP contribution in [0.5, 0.6) is 23.0 Å². The molecule has 7 N–H and O–H groups in total. The highest BCUT2D eigenvalue weighted by Gasteiger charge is 2.36. The van der Waals surface area contributed by atoms with Gasteiger partial charge < -0.3 is 41.6 Å². The first-order chi connectivity index (χ1) is 31.5. The van der Waals surface area contributed by atoms with Crippen LogP contribution in [0.1, 0.15) is 92.9 Å². The molecule has 0 unspecified atom stereocenters. The zero-order chi connectivity index (χ0) is 48.1. The number of halogens is 1. The van der Waals surface area contributed by atoms with Crippen LogP contribution < -0.4 is 36.7 Å². The van der Waals surface area contributed by atoms with Gasteiger partial charge in [0, 0.05) is 80.4 Å². The number of Topliss-reactive ketones (excluding diaryl/α,β-unsaturated/α-hetero) is 3. The fourth-order valence-corrected chi connectivity index (χ4v) is 8.20. The number of nitrogens with zero attached hydrogens (tertiary/aromatic N) is 2. The van der Waals surface area contributed by atoms with Crippen LogP contribution in [0, 0.1) is 23.2 Å². The lowest BCUT2D eigenvalue weighted by molar-refractivity contribution is -0.142. The topological polar surface area (TPSA) is 230 Å². The number of carbonyl (C=O) groups is 5. The molecule has 4 aromatic rings. The predicted octanol–water partition coefficient (Wildman–Crippen LogP) is 7.02. The minimum Gasteiger partial charge on any atom is -0.492 e. The number of benzene rings is 4. The van der Waals surface area contributed by atoms with Gasteiger partial charge >= 0.3 is 0 Å². The molecule has 66 heavy (non-hydrogen) atoms. The molecule has 4 bridgehead atoms. The Bertz CT molecular complexity index is 2430. The van der Waals surface area contributed by atoms with Gasteiger partial charge in [-0.15, -0.1) is 0 Å². The number of hydrogen-bond acceptors (Lipinski definition) is 12. The smallest absolute Gasteiger partial charge is 0.226 e. The van der Waals surface area contributed by atoms with Crippen molar-refractivity contribution in [3.63, 3.8) is 0 Å². The molecule has 2 amide bonds. The van der Waals surface area contributed by atoms with Crippen molar-refractivity contribution in [3.05, 3.63) is 106 Å². The van der Waals surface area contributed by atoms with Crippen molar-refractivity contribution in [1.29, 1.82) is 5.26 Å². The van der Waals surface area contributed by atoms with Gasteiger partial charge in [-0.25, -0.2) is 0 Å². The SMILES string of the molecule is C[C@@H]1CC(=O)[C@@H](N(C)C(=O)[C@H](CCN)CC(=O)c2ccc(Oc3ccc(C(C)(C)C)cc3)cc2Cl)c2ccc(OCCN)c(c2)-c2cc(ccc2OCCN)C[C@@H](C(=O)CCC#N)NC1=O. The number of nitriles is 1. The molecule has 0 radical (unpaired) electrons. The van der Waals surface area contributed by atoms with Crippen molar-refractivity contribution in [2.75, 3.05) is 39.9 Å². The molecule has 350 valence electrons. The Hall–Kier alpha value is -6.11. The van der Waals surface area contributed by atoms with E-state index in [2.05, 4.69) is 26.1 Å². The number of carbonyl (C=O) groups excluding carboxylic acids is 5. The van der Waals surface area contributed by atoms with Gasteiger partial charge in [-0.1, -0.05) is 63.6 Å². The number of nitrogens with one attached hydrogen (secondary N) is 1. The molecule has 0 aromatic heterocycles. The summed E-state index contributed by atoms with van der Waals surface area (Å²) in [5.41, 5.74) is 21.2. The van der Waals surface area contributed by atoms with Crippen molar-refractivity contribution in [2.45, 2.75) is 83.7 Å². The van der Waals surface area contributed by atoms with Crippen LogP contribution in [-0.2, 0) is 31.0 Å². The van der Waals surface area contributed by atoms with E-state index in [0.717, 1.165) is 5.56 Å². The van der Waals surface area contributed by atoms with Crippen molar-refractivity contribution < 1.29 is 38.2 Å². The van der Waals surface area contributed by atoms with E-state index in [1.54, 1.807) is 55.5 Å². The predicted molar refractivity (Wildman–Crippen MR) is 254 cm³/mol. The van der Waals surface area contributed by atoms with Crippen LogP contribution >= 0.6 is 11.6 Å². The standard InChI is InChI=1S/C51H61ClN6O8/c1-31-25-45(61)48(58(5)50(63)34(18-20-54)29-44(60)38-15-14-37(30-41(38)52)66-36-12-10-35(11-13-36)51(2,3)4)33-9-17-47(65-24-22-56)40(28-33)39-26-32(8-16-46(39)64-23-21-55)27-42(57-49(31)62)43(59)7-6-19-53/h8-17,26,28,30-31,34,42,48H,6-7,18,20-25,27,29,54-56H2,1-5H3,(H,57,62)/t31-,34-,42+,48+/m1/s1. The quantitative estimate of drug-likeness (QED) is 0.0738. The van der Waals surface area contributed by atoms with E-state index in [-0.39, 0.29) is 93.2 Å². The van der Waals surface area contributed by atoms with Crippen LogP contribution in [0.15, 0.2) is 78.9 Å². The molecule has 0 fully saturated rings. The molecular weight excluding hydrogens is 860 g/mol. The summed E-state index contributed by atoms with van der Waals surface area (Å²) in [4.78, 5) is 72.0. The van der Waals surface area contributed by atoms with Crippen LogP contribution in [0.2, 0.25) is 5.02 Å². The summed E-state index contributed by atoms with van der Waals surface area (Å²) in [5.74, 6) is -2.31. The Labute approximate surface area is 392 Å². The summed E-state index contributed by atoms with van der Waals surface area (Å²) >= 11 is 6.69. The largest absolute Gasteiger partial charge is 0.492 e. The van der Waals surface area contributed by atoms with Crippen molar-refractivity contribution in [3.8, 4) is 40.2 Å². The average molecular weight is 922 g/mol. The number of ether oxygens (including phenoxy) is 3. The second-order valence-corrected chi connectivity index (χ2v) is 18.0. The molecular formula is C51H61ClN6O8. The lowest BCUT2D eigenvalue weighted by Crippen LogP contribution is -2.46. The number of amides is 2. The lowest BCUT2D eigenvalue weighted by atomic mass is 9.87. The lowest BCUT2D eigenvalue weighted by Gasteiger charge is -2.32. The molecule has 14 nitrogen and oxygen atoms in total. The average Bonchev–Trinajstić information content (AvgIpc) is 3.28. The third kappa shape index (κ3) is 13.0. The minimum absolute atomic E-state index is 0.0266. The maximum Gasteiger partial charge on any atom is 0.226 e. The first-order valence-electron chi connectivity index (χ1n) is 22.2. The summed E-state index contributed by atoms with van der Waals surface area (Å²) in [6.07, 6.45) is -0.484. The summed E-state index contributed by atoms with van der Waals surface area (Å²) < 4.78 is 18.3. The van der Waals surface area contributed by atoms with Crippen molar-refractivity contribution >= 4 is 40.8 Å². The third-order valence-corrected chi connectivity index (χ3v) is 11.8. The molecule has 1 heterocycles. The number of rotatable bonds is 18. The number of hydrogen-bond donors (Lipinski definition) is 4. The van der Waals surface area contributed by atoms with Gasteiger partial charge in [0.05, 0.1) is 17.1 Å². The van der Waals surface area contributed by atoms with E-state index in [9.17, 15) is 29.2 Å². The van der Waals surface area contributed by atoms with E-state index in [1.807, 2.05) is 36.4 Å². The van der Waals surface area contributed by atoms with Crippen LogP contribution in [0.3, 0.4) is 0 Å². The number of nitrogens with two attached hydrogens (primary N) is 3. The van der Waals surface area contributed by atoms with Gasteiger partial charge in [0.25, 0.3) is 0 Å². The highest BCUT2D eigenvalue weighted by Crippen LogP contribution is 2.41. The third-order valence-electron chi connectivity index (χ3n) is 11.5. The summed E-state index contributed by atoms with van der Waals surface area (Å²) in [5, 5.41) is 12.2. The first-order valence-corrected chi connectivity index (χ1v) is 22.6. The first kappa shape index (κ1) is 50.9. The normalized spacial score (nSPS) is 16.8. The van der Waals surface area contributed by atoms with Crippen molar-refractivity contribution in [2.24, 2.45) is 29.0 Å². The zero-order valence-electron chi connectivity index (χ0n) is 38.4. The van der Waals surface area contributed by atoms with Crippen molar-refractivity contribution in [1.82, 2.24) is 10.2 Å². The van der Waals surface area contributed by atoms with Crippen LogP contribution in [0.4, 0.5) is 0 Å². The van der Waals surface area contributed by atoms with Gasteiger partial charge in [-0.3, -0.25) is 24.0 Å². The number of likely N-dealkylation sites (N-methyl/N-ethyl adjacent to an activating group) is 1. The van der Waals surface area contributed by atoms with Gasteiger partial charge in [0.15, 0.2) is 17.3 Å². The van der Waals surface area contributed by atoms with E-state index in [1.165, 1.54) is 11.9 Å². The molecule has 0 spiro atoms. The summed E-state index contributed by atoms with van der Waals surface area (Å²) in [7, 11) is 1.48. The van der Waals surface area contributed by atoms with E-state index >= 15 is 0 Å². The molecule has 0 aliphatic carbocycles. The van der Waals surface area contributed by atoms with Gasteiger partial charge in [-0.2, -0.15) is 5.26 Å². The summed E-state index contributed by atoms with van der Waals surface area (Å²) in [6, 6.07) is 22.6. The molecule has 15 heteroatoms. The number of ketones is 3. The Morgan fingerprint density at radius 1 is 0.864 bits per heavy atom. The maximum absolute atomic E-state index is 14.7. The second-order valence-electron chi connectivity index (χ2n) is 17.6. The molecule has 1 aliphatic rings. The summed E-state index contributed by atoms with van der Waals surface area (Å²) in [6.45, 7) is 8.76. The Kier molecular flexibility index (Phi) is 18.0. The maximum atomic E-state index is 14.7. The second kappa shape index (κ2) is 23.4. The fraction of sp³-hybridized carbons (Fsp3) is 0.412. The highest BCUT2D eigenvalue weighted by atomic mass is 35.5. The number of fused-ring (bicyclic) bond motifs is 5. The Balaban J connectivity index is 1.53. The molecule has 0 saturated carbocycles.